The summed E-state index contributed by atoms with van der Waals surface area (Å²) in [5.74, 6) is -0.119. The van der Waals surface area contributed by atoms with Crippen LogP contribution in [0.25, 0.3) is 11.1 Å². The number of benzene rings is 4. The van der Waals surface area contributed by atoms with Crippen LogP contribution in [0.1, 0.15) is 53.6 Å². The van der Waals surface area contributed by atoms with E-state index in [-0.39, 0.29) is 50.2 Å². The summed E-state index contributed by atoms with van der Waals surface area (Å²) in [6.45, 7) is 2.24. The number of alkyl carbamates (subject to hydrolysis) is 1. The monoisotopic (exact) mass is 743 g/mol. The van der Waals surface area contributed by atoms with E-state index in [9.17, 15) is 19.5 Å². The van der Waals surface area contributed by atoms with Crippen molar-refractivity contribution in [1.82, 2.24) is 15.2 Å². The highest BCUT2D eigenvalue weighted by molar-refractivity contribution is 7.99. The highest BCUT2D eigenvalue weighted by atomic mass is 32.2. The first-order valence-electron chi connectivity index (χ1n) is 17.9. The number of carbonyl (C=O) groups excluding carboxylic acids is 3. The van der Waals surface area contributed by atoms with Crippen molar-refractivity contribution in [1.29, 1.82) is 0 Å². The van der Waals surface area contributed by atoms with Gasteiger partial charge in [0.1, 0.15) is 12.6 Å². The molecule has 0 spiro atoms. The molecule has 4 aromatic carbocycles. The number of aliphatic hydroxyl groups excluding tert-OH is 1. The van der Waals surface area contributed by atoms with Crippen molar-refractivity contribution >= 4 is 29.7 Å². The Labute approximate surface area is 318 Å². The van der Waals surface area contributed by atoms with E-state index in [1.165, 1.54) is 4.90 Å². The van der Waals surface area contributed by atoms with Gasteiger partial charge in [0.2, 0.25) is 5.91 Å². The van der Waals surface area contributed by atoms with Crippen molar-refractivity contribution in [3.8, 4) is 11.1 Å². The summed E-state index contributed by atoms with van der Waals surface area (Å²) in [7, 11) is 0. The summed E-state index contributed by atoms with van der Waals surface area (Å²) in [5, 5.41) is 13.1. The summed E-state index contributed by atoms with van der Waals surface area (Å²) < 4.78 is 18.6. The van der Waals surface area contributed by atoms with Gasteiger partial charge >= 0.3 is 6.09 Å². The number of hydrogen-bond acceptors (Lipinski definition) is 9. The molecule has 0 saturated carbocycles. The van der Waals surface area contributed by atoms with Gasteiger partial charge in [-0.2, -0.15) is 0 Å². The van der Waals surface area contributed by atoms with Crippen molar-refractivity contribution in [2.24, 2.45) is 5.92 Å². The number of imide groups is 1. The first-order valence-corrected chi connectivity index (χ1v) is 18.9. The molecule has 1 unspecified atom stereocenters. The molecule has 0 radical (unpaired) electrons. The summed E-state index contributed by atoms with van der Waals surface area (Å²) in [5.41, 5.74) is 6.10. The molecule has 2 aliphatic rings. The maximum absolute atomic E-state index is 13.2. The lowest BCUT2D eigenvalue weighted by Gasteiger charge is -2.41. The number of nitrogens with zero attached hydrogens (tertiary/aromatic N) is 2. The summed E-state index contributed by atoms with van der Waals surface area (Å²) in [4.78, 5) is 44.3. The highest BCUT2D eigenvalue weighted by Gasteiger charge is 2.40. The molecule has 3 heterocycles. The third-order valence-electron chi connectivity index (χ3n) is 9.67. The Balaban J connectivity index is 1.05. The molecule has 276 valence electrons. The molecule has 2 aliphatic heterocycles. The quantitative estimate of drug-likeness (QED) is 0.0995. The molecule has 2 saturated heterocycles. The zero-order valence-corrected chi connectivity index (χ0v) is 30.6. The lowest BCUT2D eigenvalue weighted by atomic mass is 9.91. The maximum Gasteiger partial charge on any atom is 0.408 e. The predicted molar refractivity (Wildman–Crippen MR) is 204 cm³/mol. The number of thioether (sulfide) groups is 1. The van der Waals surface area contributed by atoms with Crippen molar-refractivity contribution in [3.05, 3.63) is 155 Å². The van der Waals surface area contributed by atoms with Crippen LogP contribution in [-0.4, -0.2) is 50.8 Å². The summed E-state index contributed by atoms with van der Waals surface area (Å²) >= 11 is 1.65. The van der Waals surface area contributed by atoms with Gasteiger partial charge in [-0.05, 0) is 57.6 Å². The van der Waals surface area contributed by atoms with Gasteiger partial charge < -0.3 is 24.6 Å². The predicted octanol–water partition coefficient (Wildman–Crippen LogP) is 7.38. The highest BCUT2D eigenvalue weighted by Crippen LogP contribution is 2.43. The Morgan fingerprint density at radius 2 is 1.59 bits per heavy atom. The van der Waals surface area contributed by atoms with Crippen LogP contribution < -0.4 is 5.32 Å². The molecule has 3 amide bonds. The number of likely N-dealkylation sites (tertiary alicyclic amines) is 1. The molecule has 7 rings (SSSR count). The van der Waals surface area contributed by atoms with Crippen molar-refractivity contribution < 1.29 is 33.7 Å². The molecule has 11 heteroatoms. The van der Waals surface area contributed by atoms with Crippen LogP contribution in [0, 0.1) is 5.92 Å². The van der Waals surface area contributed by atoms with Crippen molar-refractivity contribution in [2.45, 2.75) is 62.7 Å². The first kappa shape index (κ1) is 37.0. The Morgan fingerprint density at radius 3 is 2.35 bits per heavy atom. The van der Waals surface area contributed by atoms with E-state index in [4.69, 9.17) is 14.2 Å². The van der Waals surface area contributed by atoms with Crippen molar-refractivity contribution in [2.75, 3.05) is 5.75 Å². The Bertz CT molecular complexity index is 2070. The van der Waals surface area contributed by atoms with E-state index in [0.29, 0.717) is 5.75 Å². The minimum Gasteiger partial charge on any atom is -0.445 e. The normalized spacial score (nSPS) is 21.2. The second-order valence-electron chi connectivity index (χ2n) is 13.4. The smallest absolute Gasteiger partial charge is 0.408 e. The van der Waals surface area contributed by atoms with Crippen LogP contribution >= 0.6 is 11.8 Å². The molecule has 54 heavy (non-hydrogen) atoms. The fourth-order valence-electron chi connectivity index (χ4n) is 6.68. The Hall–Kier alpha value is -5.33. The number of pyridine rings is 1. The van der Waals surface area contributed by atoms with Gasteiger partial charge in [-0.3, -0.25) is 14.5 Å². The van der Waals surface area contributed by atoms with Gasteiger partial charge in [-0.1, -0.05) is 104 Å². The lowest BCUT2D eigenvalue weighted by molar-refractivity contribution is -0.268. The third-order valence-corrected chi connectivity index (χ3v) is 10.7. The van der Waals surface area contributed by atoms with Crippen LogP contribution in [-0.2, 0) is 43.6 Å². The van der Waals surface area contributed by atoms with Crippen LogP contribution in [0.3, 0.4) is 0 Å². The SMILES string of the molecule is C[C@@H]1[C@H](CSc2ccccn2)O[C@H](c2cccc(-c3cccc(CN4C(=O)CC(NC(=O)OCc5ccccc5)C4=O)c3)c2)O[C@@H]1c1ccc(CO)cc1. The van der Waals surface area contributed by atoms with E-state index in [1.807, 2.05) is 121 Å². The molecule has 0 aliphatic carbocycles. The van der Waals surface area contributed by atoms with Gasteiger partial charge in [0.15, 0.2) is 6.29 Å². The molecule has 5 atom stereocenters. The summed E-state index contributed by atoms with van der Waals surface area (Å²) in [6, 6.07) is 37.6. The molecule has 10 nitrogen and oxygen atoms in total. The number of aromatic nitrogens is 1. The minimum atomic E-state index is -0.985. The molecule has 2 N–H and O–H groups in total. The minimum absolute atomic E-state index is 0.0290. The standard InChI is InChI=1S/C43H41N3O7S/c1-28-37(27-54-38-15-5-6-20-44-38)52-42(53-40(28)32-18-16-29(25-47)17-19-32)35-14-8-13-34(22-35)33-12-7-11-31(21-33)24-46-39(48)23-36(41(46)49)45-43(50)51-26-30-9-3-2-4-10-30/h2-22,28,36-37,40,42,47H,23-27H2,1H3,(H,45,50)/t28-,36?,37+,40+,42+/m1/s1. The topological polar surface area (TPSA) is 127 Å². The number of amides is 3. The lowest BCUT2D eigenvalue weighted by Crippen LogP contribution is -2.41. The van der Waals surface area contributed by atoms with Crippen LogP contribution in [0.5, 0.6) is 0 Å². The van der Waals surface area contributed by atoms with Gasteiger partial charge in [0.05, 0.1) is 36.8 Å². The average Bonchev–Trinajstić information content (AvgIpc) is 3.47. The molecule has 2 fully saturated rings. The second-order valence-corrected chi connectivity index (χ2v) is 14.4. The Kier molecular flexibility index (Phi) is 11.8. The zero-order valence-electron chi connectivity index (χ0n) is 29.7. The number of nitrogens with one attached hydrogen (secondary N) is 1. The fraction of sp³-hybridized carbons (Fsp3) is 0.256. The molecule has 0 bridgehead atoms. The van der Waals surface area contributed by atoms with E-state index in [2.05, 4.69) is 17.2 Å². The number of rotatable bonds is 12. The molecular weight excluding hydrogens is 703 g/mol. The zero-order chi connectivity index (χ0) is 37.4. The molecule has 1 aromatic heterocycles. The maximum atomic E-state index is 13.2. The number of hydrogen-bond donors (Lipinski definition) is 2. The number of aliphatic hydroxyl groups is 1. The molecule has 5 aromatic rings. The molecular formula is C43H41N3O7S. The number of carbonyl (C=O) groups is 3. The van der Waals surface area contributed by atoms with Crippen LogP contribution in [0.4, 0.5) is 4.79 Å². The van der Waals surface area contributed by atoms with Gasteiger partial charge in [0, 0.05) is 23.4 Å². The van der Waals surface area contributed by atoms with Crippen LogP contribution in [0.15, 0.2) is 133 Å². The van der Waals surface area contributed by atoms with Crippen molar-refractivity contribution in [3.63, 3.8) is 0 Å². The second kappa shape index (κ2) is 17.2. The van der Waals surface area contributed by atoms with Gasteiger partial charge in [-0.15, -0.1) is 11.8 Å². The number of ether oxygens (including phenoxy) is 3. The van der Waals surface area contributed by atoms with E-state index in [1.54, 1.807) is 18.0 Å². The van der Waals surface area contributed by atoms with E-state index < -0.39 is 24.3 Å². The van der Waals surface area contributed by atoms with Crippen LogP contribution in [0.2, 0.25) is 0 Å². The van der Waals surface area contributed by atoms with E-state index >= 15 is 0 Å². The first-order chi connectivity index (χ1) is 26.3. The van der Waals surface area contributed by atoms with E-state index in [0.717, 1.165) is 44.0 Å². The summed E-state index contributed by atoms with van der Waals surface area (Å²) in [6.07, 6.45) is -0.146. The fourth-order valence-corrected chi connectivity index (χ4v) is 7.70. The Morgan fingerprint density at radius 1 is 0.852 bits per heavy atom. The average molecular weight is 744 g/mol. The largest absolute Gasteiger partial charge is 0.445 e. The third kappa shape index (κ3) is 8.88. The van der Waals surface area contributed by atoms with Gasteiger partial charge in [-0.25, -0.2) is 9.78 Å². The van der Waals surface area contributed by atoms with Gasteiger partial charge in [0.25, 0.3) is 5.91 Å².